The summed E-state index contributed by atoms with van der Waals surface area (Å²) in [6.07, 6.45) is 2.44. The zero-order valence-electron chi connectivity index (χ0n) is 15.3. The molecule has 3 saturated heterocycles. The molecule has 0 unspecified atom stereocenters. The lowest BCUT2D eigenvalue weighted by atomic mass is 9.84. The largest absolute Gasteiger partial charge is 0.483 e. The van der Waals surface area contributed by atoms with Crippen LogP contribution in [0.25, 0.3) is 20.5 Å². The van der Waals surface area contributed by atoms with Gasteiger partial charge in [0.25, 0.3) is 12.4 Å². The maximum atomic E-state index is 12.8. The highest BCUT2D eigenvalue weighted by molar-refractivity contribution is 7.22. The van der Waals surface area contributed by atoms with Crippen molar-refractivity contribution in [2.24, 2.45) is 5.92 Å². The molecule has 28 heavy (non-hydrogen) atoms. The number of piperidine rings is 3. The summed E-state index contributed by atoms with van der Waals surface area (Å²) >= 11 is 3.37. The number of carboxylic acid groups (broad SMARTS) is 1. The third-order valence-electron chi connectivity index (χ3n) is 5.53. The smallest absolute Gasteiger partial charge is 0.290 e. The summed E-state index contributed by atoms with van der Waals surface area (Å²) in [5.74, 6) is 0.752. The number of carbonyl (C=O) groups is 2. The van der Waals surface area contributed by atoms with Gasteiger partial charge in [0.15, 0.2) is 0 Å². The maximum Gasteiger partial charge on any atom is 0.290 e. The highest BCUT2D eigenvalue weighted by atomic mass is 32.1. The zero-order valence-corrected chi connectivity index (χ0v) is 17.0. The van der Waals surface area contributed by atoms with Crippen LogP contribution in [0.15, 0.2) is 41.8 Å². The van der Waals surface area contributed by atoms with Crippen molar-refractivity contribution in [3.63, 3.8) is 0 Å². The van der Waals surface area contributed by atoms with Crippen LogP contribution >= 0.6 is 22.7 Å². The molecule has 1 amide bonds. The van der Waals surface area contributed by atoms with Crippen LogP contribution in [-0.4, -0.2) is 48.1 Å². The van der Waals surface area contributed by atoms with Crippen LogP contribution < -0.4 is 5.32 Å². The van der Waals surface area contributed by atoms with E-state index in [-0.39, 0.29) is 12.4 Å². The van der Waals surface area contributed by atoms with E-state index in [0.717, 1.165) is 16.8 Å². The first-order chi connectivity index (χ1) is 13.7. The van der Waals surface area contributed by atoms with Gasteiger partial charge in [-0.15, -0.1) is 22.7 Å². The minimum Gasteiger partial charge on any atom is -0.483 e. The van der Waals surface area contributed by atoms with Crippen molar-refractivity contribution < 1.29 is 14.7 Å². The van der Waals surface area contributed by atoms with E-state index in [1.165, 1.54) is 41.1 Å². The number of rotatable bonds is 3. The molecular formula is C21H22N2O3S2. The fourth-order valence-electron chi connectivity index (χ4n) is 4.17. The lowest BCUT2D eigenvalue weighted by Gasteiger charge is -2.44. The van der Waals surface area contributed by atoms with E-state index in [4.69, 9.17) is 9.90 Å². The number of benzene rings is 1. The van der Waals surface area contributed by atoms with Crippen LogP contribution in [0.1, 0.15) is 22.5 Å². The molecule has 0 radical (unpaired) electrons. The van der Waals surface area contributed by atoms with Crippen molar-refractivity contribution >= 4 is 45.1 Å². The molecule has 5 nitrogen and oxygen atoms in total. The van der Waals surface area contributed by atoms with Crippen LogP contribution in [0, 0.1) is 5.92 Å². The minimum atomic E-state index is -0.250. The Morgan fingerprint density at radius 2 is 2.00 bits per heavy atom. The van der Waals surface area contributed by atoms with Crippen LogP contribution in [0.4, 0.5) is 0 Å². The van der Waals surface area contributed by atoms with Crippen LogP contribution in [-0.2, 0) is 4.79 Å². The molecule has 0 aliphatic carbocycles. The third kappa shape index (κ3) is 3.83. The molecule has 3 aliphatic heterocycles. The van der Waals surface area contributed by atoms with Gasteiger partial charge >= 0.3 is 0 Å². The first-order valence-electron chi connectivity index (χ1n) is 9.37. The van der Waals surface area contributed by atoms with Crippen LogP contribution in [0.5, 0.6) is 0 Å². The number of fused-ring (bicyclic) bond motifs is 4. The fourth-order valence-corrected chi connectivity index (χ4v) is 6.08. The number of amides is 1. The minimum absolute atomic E-state index is 0.0945. The summed E-state index contributed by atoms with van der Waals surface area (Å²) in [7, 11) is 0. The molecule has 3 aromatic rings. The van der Waals surface area contributed by atoms with E-state index in [0.29, 0.717) is 12.0 Å². The Labute approximate surface area is 171 Å². The summed E-state index contributed by atoms with van der Waals surface area (Å²) in [5.41, 5.74) is 1.24. The van der Waals surface area contributed by atoms with Crippen molar-refractivity contribution in [2.75, 3.05) is 19.6 Å². The van der Waals surface area contributed by atoms with E-state index in [1.54, 1.807) is 22.7 Å². The van der Waals surface area contributed by atoms with Crippen molar-refractivity contribution in [3.05, 3.63) is 46.7 Å². The van der Waals surface area contributed by atoms with E-state index >= 15 is 0 Å². The molecule has 0 saturated carbocycles. The second-order valence-corrected chi connectivity index (χ2v) is 9.14. The molecule has 146 valence electrons. The van der Waals surface area contributed by atoms with Crippen molar-refractivity contribution in [3.8, 4) is 10.4 Å². The Morgan fingerprint density at radius 1 is 1.21 bits per heavy atom. The molecule has 7 heteroatoms. The number of nitrogens with one attached hydrogen (secondary N) is 1. The van der Waals surface area contributed by atoms with Gasteiger partial charge in [0.2, 0.25) is 0 Å². The van der Waals surface area contributed by atoms with E-state index in [9.17, 15) is 4.79 Å². The Balaban J connectivity index is 0.000000604. The lowest BCUT2D eigenvalue weighted by Crippen LogP contribution is -2.57. The average Bonchev–Trinajstić information content (AvgIpc) is 3.39. The highest BCUT2D eigenvalue weighted by Gasteiger charge is 2.35. The van der Waals surface area contributed by atoms with Crippen molar-refractivity contribution in [1.29, 1.82) is 0 Å². The molecule has 1 aromatic carbocycles. The van der Waals surface area contributed by atoms with Gasteiger partial charge in [0.1, 0.15) is 0 Å². The molecule has 3 fully saturated rings. The SMILES string of the molecule is O=C(N[C@H]1CN2CCC1CC2)c1cc2cccc(-c3cccs3)c2s1.O=CO. The van der Waals surface area contributed by atoms with Crippen molar-refractivity contribution in [1.82, 2.24) is 10.2 Å². The molecule has 5 heterocycles. The topological polar surface area (TPSA) is 69.6 Å². The van der Waals surface area contributed by atoms with E-state index in [1.807, 2.05) is 6.07 Å². The molecule has 2 aromatic heterocycles. The summed E-state index contributed by atoms with van der Waals surface area (Å²) in [6, 6.07) is 12.9. The Morgan fingerprint density at radius 3 is 2.64 bits per heavy atom. The molecule has 3 aliphatic rings. The number of thiophene rings is 2. The first kappa shape index (κ1) is 19.1. The van der Waals surface area contributed by atoms with E-state index in [2.05, 4.69) is 45.9 Å². The van der Waals surface area contributed by atoms with Gasteiger partial charge in [-0.1, -0.05) is 24.3 Å². The summed E-state index contributed by atoms with van der Waals surface area (Å²) in [6.45, 7) is 3.16. The first-order valence-corrected chi connectivity index (χ1v) is 11.1. The number of hydrogen-bond donors (Lipinski definition) is 2. The molecule has 2 bridgehead atoms. The number of carbonyl (C=O) groups excluding carboxylic acids is 1. The van der Waals surface area contributed by atoms with Gasteiger partial charge in [0, 0.05) is 27.7 Å². The predicted octanol–water partition coefficient (Wildman–Crippen LogP) is 4.15. The van der Waals surface area contributed by atoms with Gasteiger partial charge in [-0.05, 0) is 54.7 Å². The fraction of sp³-hybridized carbons (Fsp3) is 0.333. The molecule has 2 N–H and O–H groups in total. The average molecular weight is 415 g/mol. The Bertz CT molecular complexity index is 959. The summed E-state index contributed by atoms with van der Waals surface area (Å²) in [4.78, 5) is 25.8. The zero-order chi connectivity index (χ0) is 19.5. The van der Waals surface area contributed by atoms with Crippen LogP contribution in [0.2, 0.25) is 0 Å². The maximum absolute atomic E-state index is 12.8. The van der Waals surface area contributed by atoms with Gasteiger partial charge in [0.05, 0.1) is 4.88 Å². The molecular weight excluding hydrogens is 392 g/mol. The normalized spacial score (nSPS) is 23.1. The monoisotopic (exact) mass is 414 g/mol. The molecule has 0 spiro atoms. The van der Waals surface area contributed by atoms with Crippen molar-refractivity contribution in [2.45, 2.75) is 18.9 Å². The Kier molecular flexibility index (Phi) is 5.75. The van der Waals surface area contributed by atoms with Gasteiger partial charge in [-0.2, -0.15) is 0 Å². The van der Waals surface area contributed by atoms with E-state index < -0.39 is 0 Å². The third-order valence-corrected chi connectivity index (χ3v) is 7.61. The lowest BCUT2D eigenvalue weighted by molar-refractivity contribution is -0.122. The van der Waals surface area contributed by atoms with Gasteiger partial charge in [-0.3, -0.25) is 9.59 Å². The molecule has 6 rings (SSSR count). The summed E-state index contributed by atoms with van der Waals surface area (Å²) in [5, 5.41) is 13.5. The quantitative estimate of drug-likeness (QED) is 0.632. The highest BCUT2D eigenvalue weighted by Crippen LogP contribution is 2.37. The predicted molar refractivity (Wildman–Crippen MR) is 114 cm³/mol. The van der Waals surface area contributed by atoms with Gasteiger partial charge in [-0.25, -0.2) is 0 Å². The summed E-state index contributed by atoms with van der Waals surface area (Å²) < 4.78 is 1.21. The second kappa shape index (κ2) is 8.43. The standard InChI is InChI=1S/C20H20N2OS2.CH2O2/c23-20(21-16-12-22-8-6-13(16)7-9-22)18-11-14-3-1-4-15(19(14)25-18)17-5-2-10-24-17;2-1-3/h1-5,10-11,13,16H,6-9,12H2,(H,21,23);1H,(H,2,3)/t16-;/m0./s1. The molecule has 1 atom stereocenters. The second-order valence-electron chi connectivity index (χ2n) is 7.14. The number of nitrogens with zero attached hydrogens (tertiary/aromatic N) is 1. The van der Waals surface area contributed by atoms with Gasteiger partial charge < -0.3 is 15.3 Å². The number of hydrogen-bond acceptors (Lipinski definition) is 5. The van der Waals surface area contributed by atoms with Crippen LogP contribution in [0.3, 0.4) is 0 Å². The Hall–Kier alpha value is -2.22.